The minimum atomic E-state index is -0.894. The highest BCUT2D eigenvalue weighted by Crippen LogP contribution is 2.47. The van der Waals surface area contributed by atoms with Gasteiger partial charge in [-0.3, -0.25) is 9.48 Å². The van der Waals surface area contributed by atoms with Crippen LogP contribution in [0, 0.1) is 22.7 Å². The molecule has 0 saturated heterocycles. The van der Waals surface area contributed by atoms with Crippen LogP contribution < -0.4 is 11.3 Å². The molecule has 0 radical (unpaired) electrons. The molecule has 1 aliphatic rings. The fourth-order valence-electron chi connectivity index (χ4n) is 4.72. The Bertz CT molecular complexity index is 1630. The van der Waals surface area contributed by atoms with E-state index in [4.69, 9.17) is 5.73 Å². The van der Waals surface area contributed by atoms with Crippen molar-refractivity contribution >= 4 is 16.8 Å². The van der Waals surface area contributed by atoms with Crippen LogP contribution in [0.2, 0.25) is 0 Å². The number of fused-ring (bicyclic) bond motifs is 2. The van der Waals surface area contributed by atoms with Crippen molar-refractivity contribution in [1.29, 1.82) is 10.5 Å². The van der Waals surface area contributed by atoms with E-state index in [0.717, 1.165) is 5.56 Å². The molecule has 2 heterocycles. The van der Waals surface area contributed by atoms with E-state index in [2.05, 4.69) is 27.4 Å². The van der Waals surface area contributed by atoms with Crippen LogP contribution in [0.1, 0.15) is 39.9 Å². The van der Waals surface area contributed by atoms with Crippen LogP contribution in [0.15, 0.2) is 53.2 Å². The monoisotopic (exact) mass is 451 g/mol. The first-order valence-electron chi connectivity index (χ1n) is 10.5. The van der Waals surface area contributed by atoms with Crippen molar-refractivity contribution < 1.29 is 4.39 Å². The number of nitrogens with two attached hydrogens (primary N) is 1. The number of allylic oxidation sites excluding steroid dienone is 1. The first kappa shape index (κ1) is 21.3. The Hall–Kier alpha value is -4.60. The summed E-state index contributed by atoms with van der Waals surface area (Å²) in [6.45, 7) is 0.0504. The highest BCUT2D eigenvalue weighted by molar-refractivity contribution is 5.93. The van der Waals surface area contributed by atoms with Gasteiger partial charge in [0.05, 0.1) is 46.4 Å². The van der Waals surface area contributed by atoms with E-state index in [-0.39, 0.29) is 17.5 Å². The number of nitriles is 2. The standard InChI is InChI=1S/C25H18FN7O/c1-33-24(23-18(10-28)16-5-3-2-4-13(16)8-20(23)26)19(12-30-33)14-6-15(9-27)22-17(7-14)21(11-29)31-32-25(22)34/h2-8,12,18,23H,11,29H2,1H3,(H,32,34)/t18-,23?/m1/s1. The Kier molecular flexibility index (Phi) is 5.05. The fourth-order valence-corrected chi connectivity index (χ4v) is 4.72. The number of halogens is 1. The zero-order valence-corrected chi connectivity index (χ0v) is 18.1. The summed E-state index contributed by atoms with van der Waals surface area (Å²) in [5.74, 6) is -2.11. The first-order valence-corrected chi connectivity index (χ1v) is 10.5. The summed E-state index contributed by atoms with van der Waals surface area (Å²) >= 11 is 0. The van der Waals surface area contributed by atoms with Gasteiger partial charge in [0.1, 0.15) is 11.9 Å². The number of hydrogen-bond acceptors (Lipinski definition) is 6. The SMILES string of the molecule is Cn1ncc(-c2cc(C#N)c3c(=O)[nH]nc(CN)c3c2)c1C1C(F)=Cc2ccccc2[C@H]1C#N. The highest BCUT2D eigenvalue weighted by Gasteiger charge is 2.37. The molecule has 166 valence electrons. The molecule has 1 unspecified atom stereocenters. The third-order valence-electron chi connectivity index (χ3n) is 6.27. The highest BCUT2D eigenvalue weighted by atomic mass is 19.1. The maximum absolute atomic E-state index is 15.5. The minimum Gasteiger partial charge on any atom is -0.325 e. The van der Waals surface area contributed by atoms with Crippen molar-refractivity contribution in [2.24, 2.45) is 12.8 Å². The van der Waals surface area contributed by atoms with E-state index in [9.17, 15) is 15.3 Å². The zero-order chi connectivity index (χ0) is 24.0. The van der Waals surface area contributed by atoms with Crippen LogP contribution in [0.4, 0.5) is 4.39 Å². The molecule has 0 spiro atoms. The van der Waals surface area contributed by atoms with Crippen molar-refractivity contribution in [3.05, 3.63) is 86.9 Å². The Balaban J connectivity index is 1.77. The molecule has 1 aliphatic carbocycles. The molecule has 0 fully saturated rings. The average molecular weight is 451 g/mol. The summed E-state index contributed by atoms with van der Waals surface area (Å²) in [5, 5.41) is 31.2. The second-order valence-electron chi connectivity index (χ2n) is 8.07. The number of H-pyrrole nitrogens is 1. The molecule has 34 heavy (non-hydrogen) atoms. The summed E-state index contributed by atoms with van der Waals surface area (Å²) in [6, 6.07) is 14.8. The summed E-state index contributed by atoms with van der Waals surface area (Å²) in [5.41, 5.74) is 8.89. The Labute approximate surface area is 193 Å². The number of aromatic amines is 1. The summed E-state index contributed by atoms with van der Waals surface area (Å²) in [4.78, 5) is 12.4. The number of benzene rings is 2. The molecule has 3 N–H and O–H groups in total. The lowest BCUT2D eigenvalue weighted by atomic mass is 9.76. The molecule has 0 bridgehead atoms. The van der Waals surface area contributed by atoms with Gasteiger partial charge >= 0.3 is 0 Å². The van der Waals surface area contributed by atoms with E-state index in [1.165, 1.54) is 6.08 Å². The number of hydrogen-bond donors (Lipinski definition) is 2. The topological polar surface area (TPSA) is 137 Å². The summed E-state index contributed by atoms with van der Waals surface area (Å²) < 4.78 is 17.1. The van der Waals surface area contributed by atoms with Gasteiger partial charge in [-0.1, -0.05) is 24.3 Å². The van der Waals surface area contributed by atoms with Gasteiger partial charge in [-0.25, -0.2) is 9.49 Å². The van der Waals surface area contributed by atoms with Crippen molar-refractivity contribution in [3.8, 4) is 23.3 Å². The zero-order valence-electron chi connectivity index (χ0n) is 18.1. The molecular weight excluding hydrogens is 433 g/mol. The van der Waals surface area contributed by atoms with Gasteiger partial charge in [-0.05, 0) is 34.9 Å². The van der Waals surface area contributed by atoms with Gasteiger partial charge in [-0.2, -0.15) is 20.7 Å². The predicted octanol–water partition coefficient (Wildman–Crippen LogP) is 3.37. The van der Waals surface area contributed by atoms with Crippen LogP contribution in [0.3, 0.4) is 0 Å². The average Bonchev–Trinajstić information content (AvgIpc) is 3.23. The normalized spacial score (nSPS) is 17.0. The first-order chi connectivity index (χ1) is 16.5. The molecule has 2 atom stereocenters. The number of rotatable bonds is 3. The molecule has 2 aromatic heterocycles. The fraction of sp³-hybridized carbons (Fsp3) is 0.160. The molecular formula is C25H18FN7O. The Morgan fingerprint density at radius 1 is 1.26 bits per heavy atom. The Morgan fingerprint density at radius 3 is 2.79 bits per heavy atom. The van der Waals surface area contributed by atoms with E-state index in [0.29, 0.717) is 33.5 Å². The lowest BCUT2D eigenvalue weighted by Gasteiger charge is -2.27. The number of aryl methyl sites for hydroxylation is 1. The lowest BCUT2D eigenvalue weighted by Crippen LogP contribution is -2.19. The molecule has 0 saturated carbocycles. The van der Waals surface area contributed by atoms with Crippen LogP contribution in [0.25, 0.3) is 28.0 Å². The van der Waals surface area contributed by atoms with Crippen molar-refractivity contribution in [2.75, 3.05) is 0 Å². The van der Waals surface area contributed by atoms with Crippen LogP contribution in [-0.2, 0) is 13.6 Å². The number of nitrogens with zero attached hydrogens (tertiary/aromatic N) is 5. The van der Waals surface area contributed by atoms with Crippen LogP contribution in [-0.4, -0.2) is 20.0 Å². The molecule has 2 aromatic carbocycles. The maximum atomic E-state index is 15.5. The largest absolute Gasteiger partial charge is 0.325 e. The van der Waals surface area contributed by atoms with E-state index in [1.807, 2.05) is 12.1 Å². The predicted molar refractivity (Wildman–Crippen MR) is 124 cm³/mol. The second kappa shape index (κ2) is 8.07. The number of aromatic nitrogens is 4. The number of nitrogens with one attached hydrogen (secondary N) is 1. The van der Waals surface area contributed by atoms with Crippen molar-refractivity contribution in [3.63, 3.8) is 0 Å². The lowest BCUT2D eigenvalue weighted by molar-refractivity contribution is 0.497. The molecule has 0 amide bonds. The van der Waals surface area contributed by atoms with Gasteiger partial charge in [-0.15, -0.1) is 0 Å². The van der Waals surface area contributed by atoms with Crippen LogP contribution in [0.5, 0.6) is 0 Å². The van der Waals surface area contributed by atoms with Gasteiger partial charge < -0.3 is 5.73 Å². The van der Waals surface area contributed by atoms with E-state index < -0.39 is 23.2 Å². The van der Waals surface area contributed by atoms with E-state index in [1.54, 1.807) is 42.2 Å². The molecule has 0 aliphatic heterocycles. The van der Waals surface area contributed by atoms with Gasteiger partial charge in [0.25, 0.3) is 5.56 Å². The quantitative estimate of drug-likeness (QED) is 0.490. The van der Waals surface area contributed by atoms with Gasteiger partial charge in [0, 0.05) is 24.5 Å². The molecule has 8 nitrogen and oxygen atoms in total. The summed E-state index contributed by atoms with van der Waals surface area (Å²) in [7, 11) is 1.69. The van der Waals surface area contributed by atoms with Crippen LogP contribution >= 0.6 is 0 Å². The smallest absolute Gasteiger partial charge is 0.273 e. The van der Waals surface area contributed by atoms with E-state index >= 15 is 4.39 Å². The summed E-state index contributed by atoms with van der Waals surface area (Å²) in [6.07, 6.45) is 3.02. The van der Waals surface area contributed by atoms with Gasteiger partial charge in [0.2, 0.25) is 0 Å². The maximum Gasteiger partial charge on any atom is 0.273 e. The van der Waals surface area contributed by atoms with Crippen molar-refractivity contribution in [1.82, 2.24) is 20.0 Å². The molecule has 4 aromatic rings. The van der Waals surface area contributed by atoms with Gasteiger partial charge in [0.15, 0.2) is 0 Å². The van der Waals surface area contributed by atoms with Crippen molar-refractivity contribution in [2.45, 2.75) is 18.4 Å². The second-order valence-corrected chi connectivity index (χ2v) is 8.07. The molecule has 5 rings (SSSR count). The molecule has 9 heteroatoms. The third-order valence-corrected chi connectivity index (χ3v) is 6.27. The minimum absolute atomic E-state index is 0.0504. The third kappa shape index (κ3) is 3.11. The Morgan fingerprint density at radius 2 is 2.06 bits per heavy atom.